The minimum Gasteiger partial charge on any atom is -0.357 e. The maximum Gasteiger partial charge on any atom is 2.00 e. The summed E-state index contributed by atoms with van der Waals surface area (Å²) in [5.41, 5.74) is 7.66. The standard InChI is InChI=1S/C31H15N9.C10H15NO2S.2C2H6.Cu.O3S/c1-2-9-17-16(8-1)24-33-25(17)35-27-20-12-5-6-13-21(20)29(37-27)39-31-23-22(14-7-15-32-23)30(40-31)38-28-19-11-4-3-10-18(19)26(34-24)36-28;1-9-3-5-10(6-4-9)7-8-11-14(2,12)13;2*1-2;;1-4(2)3/h1-15H;3-6,11H,7-8H2,1-2H3;2*1-2H3;;/q-2;;;;+2;. The number of fused-ring (bicyclic) bond motifs is 20. The van der Waals surface area contributed by atoms with Gasteiger partial charge in [0.1, 0.15) is 5.69 Å². The van der Waals surface area contributed by atoms with Gasteiger partial charge in [0.05, 0.1) is 17.9 Å². The molecule has 0 fully saturated rings. The first kappa shape index (κ1) is 47.5. The van der Waals surface area contributed by atoms with Crippen molar-refractivity contribution < 1.29 is 38.1 Å². The third kappa shape index (κ3) is 11.3. The predicted molar refractivity (Wildman–Crippen MR) is 242 cm³/mol. The van der Waals surface area contributed by atoms with E-state index < -0.39 is 20.6 Å². The summed E-state index contributed by atoms with van der Waals surface area (Å²) in [6.45, 7) is 10.5. The number of benzene rings is 4. The van der Waals surface area contributed by atoms with Gasteiger partial charge in [-0.25, -0.2) is 28.1 Å². The molecular weight excluding hydrogens is 888 g/mol. The monoisotopic (exact) mass is 929 g/mol. The second kappa shape index (κ2) is 21.5. The number of hydrogen-bond acceptors (Lipinski definition) is 12. The van der Waals surface area contributed by atoms with Gasteiger partial charge in [0.15, 0.2) is 11.6 Å². The Bertz CT molecular complexity index is 3120. The molecule has 0 atom stereocenters. The van der Waals surface area contributed by atoms with E-state index in [0.717, 1.165) is 50.2 Å². The maximum absolute atomic E-state index is 10.8. The van der Waals surface area contributed by atoms with Gasteiger partial charge in [0.2, 0.25) is 10.0 Å². The van der Waals surface area contributed by atoms with Crippen LogP contribution in [0.5, 0.6) is 0 Å². The van der Waals surface area contributed by atoms with Crippen LogP contribution in [0.4, 0.5) is 0 Å². The van der Waals surface area contributed by atoms with E-state index in [-0.39, 0.29) is 17.1 Å². The number of rotatable bonds is 4. The van der Waals surface area contributed by atoms with E-state index in [0.29, 0.717) is 58.1 Å². The molecular formula is C45H42CuN10O5S2. The Labute approximate surface area is 376 Å². The van der Waals surface area contributed by atoms with Crippen LogP contribution < -0.4 is 14.7 Å². The molecule has 2 aliphatic rings. The minimum atomic E-state index is -3.11. The molecule has 0 saturated carbocycles. The van der Waals surface area contributed by atoms with Crippen molar-refractivity contribution in [2.75, 3.05) is 12.8 Å². The molecule has 1 N–H and O–H groups in total. The zero-order chi connectivity index (χ0) is 44.4. The normalized spacial score (nSPS) is 10.8. The van der Waals surface area contributed by atoms with Gasteiger partial charge in [0, 0.05) is 52.0 Å². The Morgan fingerprint density at radius 2 is 0.937 bits per heavy atom. The molecule has 0 spiro atoms. The summed E-state index contributed by atoms with van der Waals surface area (Å²) in [7, 11) is -6.16. The smallest absolute Gasteiger partial charge is 0.357 e. The summed E-state index contributed by atoms with van der Waals surface area (Å²) in [5.74, 6) is 1.97. The van der Waals surface area contributed by atoms with E-state index in [1.165, 1.54) is 11.8 Å². The van der Waals surface area contributed by atoms with Crippen LogP contribution in [0.3, 0.4) is 0 Å². The van der Waals surface area contributed by atoms with E-state index in [4.69, 9.17) is 52.5 Å². The maximum atomic E-state index is 10.8. The fourth-order valence-electron chi connectivity index (χ4n) is 6.47. The van der Waals surface area contributed by atoms with E-state index in [9.17, 15) is 8.42 Å². The van der Waals surface area contributed by atoms with Gasteiger partial charge >= 0.3 is 27.7 Å². The third-order valence-electron chi connectivity index (χ3n) is 9.08. The number of aromatic nitrogens is 9. The zero-order valence-corrected chi connectivity index (χ0v) is 37.6. The van der Waals surface area contributed by atoms with Gasteiger partial charge in [-0.1, -0.05) is 130 Å². The zero-order valence-electron chi connectivity index (χ0n) is 35.1. The van der Waals surface area contributed by atoms with Crippen molar-refractivity contribution in [3.8, 4) is 45.7 Å². The van der Waals surface area contributed by atoms with Gasteiger partial charge in [-0.15, -0.1) is 12.6 Å². The van der Waals surface area contributed by atoms with Crippen LogP contribution in [0.15, 0.2) is 115 Å². The first-order chi connectivity index (χ1) is 30.0. The quantitative estimate of drug-likeness (QED) is 0.168. The van der Waals surface area contributed by atoms with Gasteiger partial charge in [-0.3, -0.25) is 4.98 Å². The predicted octanol–water partition coefficient (Wildman–Crippen LogP) is 7.65. The van der Waals surface area contributed by atoms with Crippen LogP contribution in [0.25, 0.3) is 89.8 Å². The van der Waals surface area contributed by atoms with Crippen molar-refractivity contribution in [3.63, 3.8) is 0 Å². The van der Waals surface area contributed by atoms with E-state index in [2.05, 4.69) is 9.71 Å². The average molecular weight is 931 g/mol. The van der Waals surface area contributed by atoms with Crippen LogP contribution in [0.2, 0.25) is 0 Å². The minimum absolute atomic E-state index is 0. The fourth-order valence-corrected chi connectivity index (χ4v) is 6.94. The van der Waals surface area contributed by atoms with Crippen molar-refractivity contribution in [2.24, 2.45) is 0 Å². The van der Waals surface area contributed by atoms with Crippen LogP contribution in [-0.2, 0) is 44.1 Å². The van der Waals surface area contributed by atoms with E-state index in [1.807, 2.05) is 144 Å². The molecule has 2 aliphatic heterocycles. The summed E-state index contributed by atoms with van der Waals surface area (Å²) in [5, 5.41) is 3.52. The first-order valence-electron chi connectivity index (χ1n) is 19.7. The summed E-state index contributed by atoms with van der Waals surface area (Å²) in [6, 6.07) is 35.6. The van der Waals surface area contributed by atoms with Gasteiger partial charge in [0.25, 0.3) is 0 Å². The van der Waals surface area contributed by atoms with Crippen LogP contribution in [0.1, 0.15) is 38.8 Å². The molecule has 0 unspecified atom stereocenters. The Balaban J connectivity index is 0.000000274. The SMILES string of the molecule is CC.CC.Cc1ccc(CCNS(C)(=O)=O)cc1.O=S(=O)=O.[Cu+2].c1ccc2c(c1)-c1nc-2nc2[n-]c(nc3[n-]c(nc4nc(n1)-c1ncccc1-4)c1ccccc31)c1ccccc21. The number of aryl methyl sites for hydroxylation is 1. The number of sulfonamides is 1. The van der Waals surface area contributed by atoms with E-state index in [1.54, 1.807) is 6.20 Å². The topological polar surface area (TPSA) is 216 Å². The average Bonchev–Trinajstić information content (AvgIpc) is 4.01. The number of hydrogen-bond donors (Lipinski definition) is 1. The fraction of sp³-hybridized carbons (Fsp3) is 0.178. The summed E-state index contributed by atoms with van der Waals surface area (Å²) in [4.78, 5) is 43.6. The van der Waals surface area contributed by atoms with Crippen LogP contribution in [0, 0.1) is 6.92 Å². The molecule has 8 bridgehead atoms. The molecule has 1 radical (unpaired) electrons. The van der Waals surface area contributed by atoms with Crippen molar-refractivity contribution in [1.29, 1.82) is 0 Å². The Kier molecular flexibility index (Phi) is 16.2. The van der Waals surface area contributed by atoms with E-state index >= 15 is 0 Å². The second-order valence-electron chi connectivity index (χ2n) is 13.1. The molecule has 18 heteroatoms. The molecule has 63 heavy (non-hydrogen) atoms. The molecule has 15 nitrogen and oxygen atoms in total. The molecule has 10 rings (SSSR count). The van der Waals surface area contributed by atoms with Gasteiger partial charge in [-0.05, 0) is 52.6 Å². The molecule has 8 aromatic rings. The van der Waals surface area contributed by atoms with Crippen LogP contribution >= 0.6 is 0 Å². The Morgan fingerprint density at radius 3 is 1.41 bits per heavy atom. The number of nitrogens with zero attached hydrogens (tertiary/aromatic N) is 9. The first-order valence-corrected chi connectivity index (χ1v) is 22.6. The van der Waals surface area contributed by atoms with Crippen LogP contribution in [-0.4, -0.2) is 68.7 Å². The second-order valence-corrected chi connectivity index (χ2v) is 15.4. The summed E-state index contributed by atoms with van der Waals surface area (Å²) in [6.07, 6.45) is 3.62. The molecule has 0 saturated heterocycles. The molecule has 0 aliphatic carbocycles. The molecule has 325 valence electrons. The number of pyridine rings is 1. The molecule has 0 amide bonds. The molecule has 4 aromatic carbocycles. The van der Waals surface area contributed by atoms with Crippen molar-refractivity contribution in [3.05, 3.63) is 127 Å². The third-order valence-corrected chi connectivity index (χ3v) is 9.81. The summed E-state index contributed by atoms with van der Waals surface area (Å²) < 4.78 is 49.3. The van der Waals surface area contributed by atoms with Crippen molar-refractivity contribution in [2.45, 2.75) is 41.0 Å². The Morgan fingerprint density at radius 1 is 0.540 bits per heavy atom. The van der Waals surface area contributed by atoms with Crippen molar-refractivity contribution >= 4 is 64.8 Å². The van der Waals surface area contributed by atoms with Gasteiger partial charge < -0.3 is 24.9 Å². The van der Waals surface area contributed by atoms with Gasteiger partial charge in [-0.2, -0.15) is 0 Å². The largest absolute Gasteiger partial charge is 2.00 e. The van der Waals surface area contributed by atoms with Crippen molar-refractivity contribution in [1.82, 2.24) is 49.6 Å². The Hall–Kier alpha value is -6.56. The molecule has 4 aromatic heterocycles. The summed E-state index contributed by atoms with van der Waals surface area (Å²) >= 11 is 0. The number of nitrogens with one attached hydrogen (secondary N) is 1. The molecule has 6 heterocycles.